The normalized spacial score (nSPS) is 13.6. The van der Waals surface area contributed by atoms with Gasteiger partial charge in [0.2, 0.25) is 19.7 Å². The van der Waals surface area contributed by atoms with Crippen molar-refractivity contribution >= 4 is 25.6 Å². The first-order valence-electron chi connectivity index (χ1n) is 9.06. The quantitative estimate of drug-likeness (QED) is 0.552. The highest BCUT2D eigenvalue weighted by Gasteiger charge is 2.62. The minimum atomic E-state index is -5.04. The molecule has 9 heteroatoms. The van der Waals surface area contributed by atoms with E-state index in [1.54, 1.807) is 6.92 Å². The van der Waals surface area contributed by atoms with E-state index in [4.69, 9.17) is 4.74 Å². The topological polar surface area (TPSA) is 94.6 Å². The van der Waals surface area contributed by atoms with Crippen molar-refractivity contribution in [3.8, 4) is 0 Å². The van der Waals surface area contributed by atoms with Gasteiger partial charge in [-0.3, -0.25) is 4.79 Å². The van der Waals surface area contributed by atoms with Crippen molar-refractivity contribution in [2.75, 3.05) is 6.61 Å². The Balaban J connectivity index is 2.76. The van der Waals surface area contributed by atoms with Crippen LogP contribution in [0.3, 0.4) is 0 Å². The van der Waals surface area contributed by atoms with Crippen LogP contribution in [-0.2, 0) is 29.2 Å². The van der Waals surface area contributed by atoms with Gasteiger partial charge >= 0.3 is 10.3 Å². The van der Waals surface area contributed by atoms with Gasteiger partial charge in [-0.05, 0) is 37.6 Å². The van der Waals surface area contributed by atoms with E-state index in [2.05, 4.69) is 0 Å². The van der Waals surface area contributed by atoms with Gasteiger partial charge < -0.3 is 4.74 Å². The molecule has 0 saturated heterocycles. The maximum absolute atomic E-state index is 16.6. The molecule has 2 rings (SSSR count). The molecule has 1 atom stereocenters. The number of carbonyl (C=O) groups excluding carboxylic acids is 1. The highest BCUT2D eigenvalue weighted by atomic mass is 32.3. The number of rotatable bonds is 9. The lowest BCUT2D eigenvalue weighted by atomic mass is 10.0. The van der Waals surface area contributed by atoms with E-state index < -0.39 is 52.1 Å². The molecule has 0 bridgehead atoms. The fraction of sp³-hybridized carbons (Fsp3) is 0.350. The van der Waals surface area contributed by atoms with Crippen molar-refractivity contribution in [1.82, 2.24) is 0 Å². The Labute approximate surface area is 170 Å². The van der Waals surface area contributed by atoms with Gasteiger partial charge in [-0.15, -0.1) is 0 Å². The summed E-state index contributed by atoms with van der Waals surface area (Å²) in [7, 11) is -10.1. The van der Waals surface area contributed by atoms with E-state index in [0.29, 0.717) is 0 Å². The van der Waals surface area contributed by atoms with Crippen LogP contribution in [0.5, 0.6) is 0 Å². The molecule has 0 aromatic heterocycles. The summed E-state index contributed by atoms with van der Waals surface area (Å²) in [5, 5.41) is 0. The second-order valence-corrected chi connectivity index (χ2v) is 10.7. The third kappa shape index (κ3) is 4.20. The van der Waals surface area contributed by atoms with Gasteiger partial charge in [0, 0.05) is 5.92 Å². The summed E-state index contributed by atoms with van der Waals surface area (Å²) < 4.78 is 70.9. The SMILES string of the molecule is CCOC(=O)CC(CC)C(F)(S(=O)(=O)c1ccccc1)S(=O)(=O)c1ccccc1. The van der Waals surface area contributed by atoms with E-state index in [1.165, 1.54) is 43.3 Å². The Morgan fingerprint density at radius 3 is 1.66 bits per heavy atom. The van der Waals surface area contributed by atoms with Crippen LogP contribution in [0.2, 0.25) is 0 Å². The molecular formula is C20H23FO6S2. The molecule has 6 nitrogen and oxygen atoms in total. The molecule has 0 saturated carbocycles. The Hall–Kier alpha value is -2.26. The average Bonchev–Trinajstić information content (AvgIpc) is 2.72. The van der Waals surface area contributed by atoms with E-state index >= 15 is 4.39 Å². The zero-order chi connectivity index (χ0) is 21.7. The molecule has 2 aromatic carbocycles. The summed E-state index contributed by atoms with van der Waals surface area (Å²) in [6.45, 7) is 2.98. The lowest BCUT2D eigenvalue weighted by Gasteiger charge is -2.32. The predicted molar refractivity (Wildman–Crippen MR) is 106 cm³/mol. The van der Waals surface area contributed by atoms with Gasteiger partial charge in [-0.2, -0.15) is 0 Å². The molecule has 0 fully saturated rings. The molecule has 2 aromatic rings. The standard InChI is InChI=1S/C20H23FO6S2/c1-3-16(15-19(22)27-4-2)20(21,28(23,24)17-11-7-5-8-12-17)29(25,26)18-13-9-6-10-14-18/h5-14,16H,3-4,15H2,1-2H3. The van der Waals surface area contributed by atoms with Crippen molar-refractivity contribution in [1.29, 1.82) is 0 Å². The Kier molecular flexibility index (Phi) is 7.18. The van der Waals surface area contributed by atoms with Gasteiger partial charge in [0.05, 0.1) is 22.8 Å². The van der Waals surface area contributed by atoms with Crippen LogP contribution in [0.1, 0.15) is 26.7 Å². The number of halogens is 1. The lowest BCUT2D eigenvalue weighted by molar-refractivity contribution is -0.144. The van der Waals surface area contributed by atoms with Crippen molar-refractivity contribution in [3.63, 3.8) is 0 Å². The Morgan fingerprint density at radius 2 is 1.31 bits per heavy atom. The number of esters is 1. The number of benzene rings is 2. The molecule has 0 spiro atoms. The molecule has 158 valence electrons. The van der Waals surface area contributed by atoms with Crippen LogP contribution >= 0.6 is 0 Å². The molecule has 29 heavy (non-hydrogen) atoms. The second kappa shape index (κ2) is 9.04. The van der Waals surface area contributed by atoms with Crippen LogP contribution in [0.4, 0.5) is 4.39 Å². The van der Waals surface area contributed by atoms with Crippen LogP contribution in [-0.4, -0.2) is 33.7 Å². The molecule has 0 aliphatic rings. The first-order valence-corrected chi connectivity index (χ1v) is 12.0. The zero-order valence-electron chi connectivity index (χ0n) is 16.1. The molecule has 1 unspecified atom stereocenters. The number of ether oxygens (including phenoxy) is 1. The highest BCUT2D eigenvalue weighted by Crippen LogP contribution is 2.45. The average molecular weight is 443 g/mol. The summed E-state index contributed by atoms with van der Waals surface area (Å²) in [6, 6.07) is 13.0. The molecular weight excluding hydrogens is 419 g/mol. The number of alkyl halides is 1. The number of hydrogen-bond acceptors (Lipinski definition) is 6. The summed E-state index contributed by atoms with van der Waals surface area (Å²) in [4.78, 5) is 11.0. The largest absolute Gasteiger partial charge is 0.466 e. The van der Waals surface area contributed by atoms with E-state index in [-0.39, 0.29) is 13.0 Å². The van der Waals surface area contributed by atoms with E-state index in [0.717, 1.165) is 24.3 Å². The summed E-state index contributed by atoms with van der Waals surface area (Å²) in [5.41, 5.74) is 0. The summed E-state index contributed by atoms with van der Waals surface area (Å²) in [6.07, 6.45) is -0.910. The molecule has 0 N–H and O–H groups in total. The zero-order valence-corrected chi connectivity index (χ0v) is 17.7. The summed E-state index contributed by atoms with van der Waals surface area (Å²) >= 11 is 0. The third-order valence-electron chi connectivity index (χ3n) is 4.54. The first-order chi connectivity index (χ1) is 13.6. The van der Waals surface area contributed by atoms with Crippen LogP contribution in [0, 0.1) is 5.92 Å². The fourth-order valence-electron chi connectivity index (χ4n) is 3.04. The highest BCUT2D eigenvalue weighted by molar-refractivity contribution is 8.10. The number of carbonyl (C=O) groups is 1. The van der Waals surface area contributed by atoms with Crippen molar-refractivity contribution < 1.29 is 30.8 Å². The number of sulfone groups is 2. The Bertz CT molecular complexity index is 965. The van der Waals surface area contributed by atoms with Gasteiger partial charge in [0.25, 0.3) is 0 Å². The minimum Gasteiger partial charge on any atom is -0.466 e. The Morgan fingerprint density at radius 1 is 0.897 bits per heavy atom. The second-order valence-electron chi connectivity index (χ2n) is 6.33. The molecule has 0 aliphatic carbocycles. The number of hydrogen-bond donors (Lipinski definition) is 0. The maximum Gasteiger partial charge on any atom is 0.321 e. The molecule has 0 radical (unpaired) electrons. The van der Waals surface area contributed by atoms with Crippen LogP contribution in [0.25, 0.3) is 0 Å². The predicted octanol–water partition coefficient (Wildman–Crippen LogP) is 3.54. The third-order valence-corrected chi connectivity index (χ3v) is 9.77. The van der Waals surface area contributed by atoms with E-state index in [9.17, 15) is 21.6 Å². The van der Waals surface area contributed by atoms with Gasteiger partial charge in [0.15, 0.2) is 0 Å². The van der Waals surface area contributed by atoms with Crippen molar-refractivity contribution in [3.05, 3.63) is 60.7 Å². The lowest BCUT2D eigenvalue weighted by Crippen LogP contribution is -2.49. The minimum absolute atomic E-state index is 0.00538. The maximum atomic E-state index is 16.6. The molecule has 0 aliphatic heterocycles. The van der Waals surface area contributed by atoms with Crippen molar-refractivity contribution in [2.24, 2.45) is 5.92 Å². The van der Waals surface area contributed by atoms with Crippen LogP contribution in [0.15, 0.2) is 70.5 Å². The van der Waals surface area contributed by atoms with Gasteiger partial charge in [-0.1, -0.05) is 43.3 Å². The molecule has 0 amide bonds. The first kappa shape index (κ1) is 23.0. The molecule has 0 heterocycles. The van der Waals surface area contributed by atoms with Gasteiger partial charge in [-0.25, -0.2) is 21.2 Å². The smallest absolute Gasteiger partial charge is 0.321 e. The summed E-state index contributed by atoms with van der Waals surface area (Å²) in [5.74, 6) is -2.54. The van der Waals surface area contributed by atoms with Gasteiger partial charge in [0.1, 0.15) is 0 Å². The van der Waals surface area contributed by atoms with Crippen LogP contribution < -0.4 is 0 Å². The van der Waals surface area contributed by atoms with Crippen molar-refractivity contribution in [2.45, 2.75) is 40.8 Å². The monoisotopic (exact) mass is 442 g/mol. The van der Waals surface area contributed by atoms with E-state index in [1.807, 2.05) is 0 Å². The fourth-order valence-corrected chi connectivity index (χ4v) is 7.82.